The van der Waals surface area contributed by atoms with Gasteiger partial charge in [0.25, 0.3) is 0 Å². The quantitative estimate of drug-likeness (QED) is 0.245. The molecule has 2 N–H and O–H groups in total. The van der Waals surface area contributed by atoms with Gasteiger partial charge < -0.3 is 19.7 Å². The molecular weight excluding hydrogens is 423 g/mol. The lowest BCUT2D eigenvalue weighted by Crippen LogP contribution is -1.95. The van der Waals surface area contributed by atoms with E-state index in [1.54, 1.807) is 60.7 Å². The SMILES string of the molecule is COc1cc(/C=C/C(O)=C/C(=O)/C=C/c2ccc(OCc3ccc(F)cc3)cc2)ccc1O. The molecule has 0 heterocycles. The number of ketones is 1. The average Bonchev–Trinajstić information content (AvgIpc) is 2.82. The number of hydrogen-bond donors (Lipinski definition) is 2. The third-order valence-electron chi connectivity index (χ3n) is 4.58. The van der Waals surface area contributed by atoms with Gasteiger partial charge >= 0.3 is 0 Å². The summed E-state index contributed by atoms with van der Waals surface area (Å²) in [5, 5.41) is 19.6. The fourth-order valence-corrected chi connectivity index (χ4v) is 2.82. The lowest BCUT2D eigenvalue weighted by Gasteiger charge is -2.06. The lowest BCUT2D eigenvalue weighted by molar-refractivity contribution is -0.110. The van der Waals surface area contributed by atoms with Crippen LogP contribution >= 0.6 is 0 Å². The first kappa shape index (κ1) is 23.3. The van der Waals surface area contributed by atoms with Gasteiger partial charge in [-0.15, -0.1) is 0 Å². The zero-order valence-electron chi connectivity index (χ0n) is 17.9. The normalized spacial score (nSPS) is 11.8. The van der Waals surface area contributed by atoms with E-state index in [1.165, 1.54) is 37.5 Å². The third kappa shape index (κ3) is 7.40. The first-order chi connectivity index (χ1) is 15.9. The molecule has 168 valence electrons. The van der Waals surface area contributed by atoms with Crippen LogP contribution < -0.4 is 9.47 Å². The van der Waals surface area contributed by atoms with E-state index in [0.29, 0.717) is 23.7 Å². The predicted octanol–water partition coefficient (Wildman–Crippen LogP) is 5.86. The molecule has 0 unspecified atom stereocenters. The van der Waals surface area contributed by atoms with Crippen molar-refractivity contribution in [1.82, 2.24) is 0 Å². The number of phenols is 1. The van der Waals surface area contributed by atoms with Crippen LogP contribution in [0.4, 0.5) is 4.39 Å². The highest BCUT2D eigenvalue weighted by Gasteiger charge is 2.01. The number of allylic oxidation sites excluding steroid dienone is 3. The van der Waals surface area contributed by atoms with Gasteiger partial charge in [0.05, 0.1) is 7.11 Å². The van der Waals surface area contributed by atoms with Crippen molar-refractivity contribution in [3.8, 4) is 17.2 Å². The number of carbonyl (C=O) groups excluding carboxylic acids is 1. The van der Waals surface area contributed by atoms with Crippen LogP contribution in [0.5, 0.6) is 17.2 Å². The number of aromatic hydroxyl groups is 1. The van der Waals surface area contributed by atoms with Gasteiger partial charge in [0.1, 0.15) is 23.9 Å². The second-order valence-electron chi connectivity index (χ2n) is 7.05. The van der Waals surface area contributed by atoms with Crippen molar-refractivity contribution in [2.45, 2.75) is 6.61 Å². The van der Waals surface area contributed by atoms with Gasteiger partial charge in [0, 0.05) is 6.08 Å². The molecule has 0 fully saturated rings. The summed E-state index contributed by atoms with van der Waals surface area (Å²) < 4.78 is 23.6. The van der Waals surface area contributed by atoms with Crippen molar-refractivity contribution < 1.29 is 28.9 Å². The fraction of sp³-hybridized carbons (Fsp3) is 0.0741. The minimum Gasteiger partial charge on any atom is -0.508 e. The zero-order chi connectivity index (χ0) is 23.6. The molecule has 33 heavy (non-hydrogen) atoms. The van der Waals surface area contributed by atoms with E-state index in [2.05, 4.69) is 0 Å². The van der Waals surface area contributed by atoms with Crippen molar-refractivity contribution in [2.75, 3.05) is 7.11 Å². The summed E-state index contributed by atoms with van der Waals surface area (Å²) in [5.41, 5.74) is 2.34. The molecule has 0 amide bonds. The fourth-order valence-electron chi connectivity index (χ4n) is 2.82. The molecule has 0 spiro atoms. The summed E-state index contributed by atoms with van der Waals surface area (Å²) in [4.78, 5) is 12.1. The Hall–Kier alpha value is -4.32. The summed E-state index contributed by atoms with van der Waals surface area (Å²) >= 11 is 0. The van der Waals surface area contributed by atoms with E-state index < -0.39 is 0 Å². The van der Waals surface area contributed by atoms with E-state index in [4.69, 9.17) is 9.47 Å². The molecule has 0 saturated carbocycles. The van der Waals surface area contributed by atoms with Crippen LogP contribution in [-0.4, -0.2) is 23.1 Å². The van der Waals surface area contributed by atoms with E-state index >= 15 is 0 Å². The van der Waals surface area contributed by atoms with Crippen molar-refractivity contribution in [1.29, 1.82) is 0 Å². The number of methoxy groups -OCH3 is 1. The van der Waals surface area contributed by atoms with Gasteiger partial charge in [-0.2, -0.15) is 0 Å². The molecule has 5 nitrogen and oxygen atoms in total. The molecule has 6 heteroatoms. The van der Waals surface area contributed by atoms with E-state index in [-0.39, 0.29) is 23.1 Å². The maximum atomic E-state index is 12.9. The molecule has 0 radical (unpaired) electrons. The molecule has 0 atom stereocenters. The summed E-state index contributed by atoms with van der Waals surface area (Å²) in [7, 11) is 1.44. The molecule has 0 aliphatic carbocycles. The number of aliphatic hydroxyl groups excluding tert-OH is 1. The average molecular weight is 446 g/mol. The second-order valence-corrected chi connectivity index (χ2v) is 7.05. The van der Waals surface area contributed by atoms with Gasteiger partial charge in [-0.1, -0.05) is 42.5 Å². The highest BCUT2D eigenvalue weighted by atomic mass is 19.1. The Bertz CT molecular complexity index is 1180. The van der Waals surface area contributed by atoms with E-state index in [1.807, 2.05) is 0 Å². The molecule has 0 aliphatic heterocycles. The summed E-state index contributed by atoms with van der Waals surface area (Å²) in [6, 6.07) is 18.0. The third-order valence-corrected chi connectivity index (χ3v) is 4.58. The van der Waals surface area contributed by atoms with Crippen LogP contribution in [-0.2, 0) is 11.4 Å². The number of phenolic OH excluding ortho intramolecular Hbond substituents is 1. The van der Waals surface area contributed by atoms with Crippen LogP contribution in [0.1, 0.15) is 16.7 Å². The number of ether oxygens (including phenoxy) is 2. The molecule has 3 aromatic rings. The maximum Gasteiger partial charge on any atom is 0.182 e. The molecule has 3 aromatic carbocycles. The number of rotatable bonds is 9. The number of carbonyl (C=O) groups is 1. The molecule has 0 saturated heterocycles. The zero-order valence-corrected chi connectivity index (χ0v) is 17.9. The Labute approximate surface area is 191 Å². The Morgan fingerprint density at radius 1 is 0.939 bits per heavy atom. The van der Waals surface area contributed by atoms with Crippen LogP contribution in [0, 0.1) is 5.82 Å². The number of aliphatic hydroxyl groups is 1. The Morgan fingerprint density at radius 3 is 2.30 bits per heavy atom. The van der Waals surface area contributed by atoms with Gasteiger partial charge in [-0.3, -0.25) is 4.79 Å². The van der Waals surface area contributed by atoms with Crippen LogP contribution in [0.15, 0.2) is 90.7 Å². The van der Waals surface area contributed by atoms with Gasteiger partial charge in [0.2, 0.25) is 0 Å². The van der Waals surface area contributed by atoms with Crippen molar-refractivity contribution in [3.63, 3.8) is 0 Å². The lowest BCUT2D eigenvalue weighted by atomic mass is 10.1. The molecule has 0 aliphatic rings. The largest absolute Gasteiger partial charge is 0.508 e. The molecule has 3 rings (SSSR count). The predicted molar refractivity (Wildman–Crippen MR) is 126 cm³/mol. The highest BCUT2D eigenvalue weighted by Crippen LogP contribution is 2.26. The molecule has 0 bridgehead atoms. The number of hydrogen-bond acceptors (Lipinski definition) is 5. The number of halogens is 1. The van der Waals surface area contributed by atoms with Gasteiger partial charge in [0.15, 0.2) is 17.3 Å². The van der Waals surface area contributed by atoms with Crippen molar-refractivity contribution in [2.24, 2.45) is 0 Å². The minimum atomic E-state index is -0.378. The highest BCUT2D eigenvalue weighted by molar-refractivity contribution is 6.02. The minimum absolute atomic E-state index is 0.0159. The van der Waals surface area contributed by atoms with Gasteiger partial charge in [-0.25, -0.2) is 4.39 Å². The summed E-state index contributed by atoms with van der Waals surface area (Å²) in [6.45, 7) is 0.322. The summed E-state index contributed by atoms with van der Waals surface area (Å²) in [6.07, 6.45) is 7.05. The van der Waals surface area contributed by atoms with Crippen molar-refractivity contribution >= 4 is 17.9 Å². The monoisotopic (exact) mass is 446 g/mol. The smallest absolute Gasteiger partial charge is 0.182 e. The van der Waals surface area contributed by atoms with Crippen LogP contribution in [0.2, 0.25) is 0 Å². The van der Waals surface area contributed by atoms with Crippen molar-refractivity contribution in [3.05, 3.63) is 113 Å². The first-order valence-electron chi connectivity index (χ1n) is 10.1. The molecular formula is C27H23FO5. The standard InChI is InChI=1S/C27H23FO5/c1-32-27-16-20(8-15-26(27)31)5-12-24(30)17-23(29)11-4-19-6-13-25(14-7-19)33-18-21-2-9-22(28)10-3-21/h2-17,30-31H,18H2,1H3/b11-4+,12-5+,24-17-. The maximum absolute atomic E-state index is 12.9. The number of benzene rings is 3. The molecule has 0 aromatic heterocycles. The Balaban J connectivity index is 1.53. The van der Waals surface area contributed by atoms with Crippen LogP contribution in [0.25, 0.3) is 12.2 Å². The topological polar surface area (TPSA) is 76.0 Å². The summed E-state index contributed by atoms with van der Waals surface area (Å²) in [5.74, 6) is 0.102. The van der Waals surface area contributed by atoms with Gasteiger partial charge in [-0.05, 0) is 65.2 Å². The Morgan fingerprint density at radius 2 is 1.61 bits per heavy atom. The first-order valence-corrected chi connectivity index (χ1v) is 10.1. The Kier molecular flexibility index (Phi) is 8.02. The second kappa shape index (κ2) is 11.3. The van der Waals surface area contributed by atoms with E-state index in [0.717, 1.165) is 17.2 Å². The van der Waals surface area contributed by atoms with E-state index in [9.17, 15) is 19.4 Å². The van der Waals surface area contributed by atoms with Crippen LogP contribution in [0.3, 0.4) is 0 Å².